The van der Waals surface area contributed by atoms with E-state index in [9.17, 15) is 0 Å². The van der Waals surface area contributed by atoms with Gasteiger partial charge >= 0.3 is 0 Å². The number of ether oxygens (including phenoxy) is 2. The SMILES string of the molecule is COc1ccc2ccccc2c1[C@@H](N)C1CCOCC1. The molecule has 1 atom stereocenters. The summed E-state index contributed by atoms with van der Waals surface area (Å²) < 4.78 is 11.0. The first kappa shape index (κ1) is 13.4. The number of nitrogens with two attached hydrogens (primary N) is 1. The van der Waals surface area contributed by atoms with Gasteiger partial charge in [-0.05, 0) is 35.6 Å². The van der Waals surface area contributed by atoms with Gasteiger partial charge in [0.1, 0.15) is 5.75 Å². The molecule has 20 heavy (non-hydrogen) atoms. The number of hydrogen-bond acceptors (Lipinski definition) is 3. The first-order valence-corrected chi connectivity index (χ1v) is 7.20. The van der Waals surface area contributed by atoms with Crippen LogP contribution in [0.5, 0.6) is 5.75 Å². The van der Waals surface area contributed by atoms with Gasteiger partial charge in [0, 0.05) is 24.8 Å². The van der Waals surface area contributed by atoms with E-state index < -0.39 is 0 Å². The van der Waals surface area contributed by atoms with Crippen molar-refractivity contribution in [2.45, 2.75) is 18.9 Å². The lowest BCUT2D eigenvalue weighted by Crippen LogP contribution is -2.28. The van der Waals surface area contributed by atoms with Gasteiger partial charge in [-0.15, -0.1) is 0 Å². The van der Waals surface area contributed by atoms with Gasteiger partial charge in [-0.25, -0.2) is 0 Å². The zero-order valence-corrected chi connectivity index (χ0v) is 11.8. The Morgan fingerprint density at radius 1 is 1.15 bits per heavy atom. The van der Waals surface area contributed by atoms with E-state index in [0.717, 1.165) is 37.4 Å². The van der Waals surface area contributed by atoms with Crippen molar-refractivity contribution in [1.29, 1.82) is 0 Å². The van der Waals surface area contributed by atoms with Crippen LogP contribution < -0.4 is 10.5 Å². The van der Waals surface area contributed by atoms with Gasteiger partial charge in [0.15, 0.2) is 0 Å². The summed E-state index contributed by atoms with van der Waals surface area (Å²) in [6.45, 7) is 1.62. The smallest absolute Gasteiger partial charge is 0.124 e. The van der Waals surface area contributed by atoms with Crippen LogP contribution >= 0.6 is 0 Å². The number of methoxy groups -OCH3 is 1. The topological polar surface area (TPSA) is 44.5 Å². The van der Waals surface area contributed by atoms with E-state index in [1.54, 1.807) is 7.11 Å². The number of benzene rings is 2. The second-order valence-corrected chi connectivity index (χ2v) is 5.38. The molecule has 2 N–H and O–H groups in total. The maximum atomic E-state index is 6.58. The molecule has 3 nitrogen and oxygen atoms in total. The van der Waals surface area contributed by atoms with E-state index in [-0.39, 0.29) is 6.04 Å². The van der Waals surface area contributed by atoms with Gasteiger partial charge in [-0.2, -0.15) is 0 Å². The zero-order chi connectivity index (χ0) is 13.9. The molecule has 0 aliphatic carbocycles. The highest BCUT2D eigenvalue weighted by Crippen LogP contribution is 2.38. The van der Waals surface area contributed by atoms with E-state index in [1.807, 2.05) is 6.07 Å². The van der Waals surface area contributed by atoms with Crippen LogP contribution in [-0.4, -0.2) is 20.3 Å². The quantitative estimate of drug-likeness (QED) is 0.931. The van der Waals surface area contributed by atoms with Crippen molar-refractivity contribution in [3.05, 3.63) is 42.0 Å². The second-order valence-electron chi connectivity index (χ2n) is 5.38. The standard InChI is InChI=1S/C17H21NO2/c1-19-15-7-6-12-4-2-3-5-14(12)16(15)17(18)13-8-10-20-11-9-13/h2-7,13,17H,8-11,18H2,1H3/t17-/m0/s1. The third-order valence-electron chi connectivity index (χ3n) is 4.26. The molecule has 0 bridgehead atoms. The van der Waals surface area contributed by atoms with Crippen LogP contribution in [0, 0.1) is 5.92 Å². The van der Waals surface area contributed by atoms with E-state index in [2.05, 4.69) is 30.3 Å². The Kier molecular flexibility index (Phi) is 3.90. The minimum atomic E-state index is -0.0000463. The molecule has 3 rings (SSSR count). The average molecular weight is 271 g/mol. The molecule has 0 amide bonds. The Morgan fingerprint density at radius 2 is 1.90 bits per heavy atom. The zero-order valence-electron chi connectivity index (χ0n) is 11.8. The first-order valence-electron chi connectivity index (χ1n) is 7.20. The molecule has 0 spiro atoms. The molecule has 1 heterocycles. The van der Waals surface area contributed by atoms with Crippen molar-refractivity contribution in [3.8, 4) is 5.75 Å². The molecular weight excluding hydrogens is 250 g/mol. The Labute approximate surface area is 119 Å². The molecular formula is C17H21NO2. The minimum Gasteiger partial charge on any atom is -0.496 e. The monoisotopic (exact) mass is 271 g/mol. The highest BCUT2D eigenvalue weighted by Gasteiger charge is 2.26. The van der Waals surface area contributed by atoms with Crippen LogP contribution in [0.3, 0.4) is 0 Å². The predicted molar refractivity (Wildman–Crippen MR) is 81.0 cm³/mol. The molecule has 0 unspecified atom stereocenters. The molecule has 1 aliphatic rings. The molecule has 2 aromatic carbocycles. The molecule has 1 fully saturated rings. The van der Waals surface area contributed by atoms with Gasteiger partial charge < -0.3 is 15.2 Å². The summed E-state index contributed by atoms with van der Waals surface area (Å²) in [7, 11) is 1.71. The molecule has 0 radical (unpaired) electrons. The van der Waals surface area contributed by atoms with Crippen molar-refractivity contribution in [1.82, 2.24) is 0 Å². The van der Waals surface area contributed by atoms with Crippen LogP contribution in [0.15, 0.2) is 36.4 Å². The van der Waals surface area contributed by atoms with E-state index >= 15 is 0 Å². The van der Waals surface area contributed by atoms with Crippen LogP contribution in [-0.2, 0) is 4.74 Å². The Hall–Kier alpha value is -1.58. The van der Waals surface area contributed by atoms with Gasteiger partial charge in [-0.3, -0.25) is 0 Å². The first-order chi connectivity index (χ1) is 9.81. The average Bonchev–Trinajstić information content (AvgIpc) is 2.54. The number of hydrogen-bond donors (Lipinski definition) is 1. The highest BCUT2D eigenvalue weighted by atomic mass is 16.5. The highest BCUT2D eigenvalue weighted by molar-refractivity contribution is 5.88. The number of rotatable bonds is 3. The largest absolute Gasteiger partial charge is 0.496 e. The normalized spacial score (nSPS) is 18.1. The summed E-state index contributed by atoms with van der Waals surface area (Å²) in [6, 6.07) is 12.5. The van der Waals surface area contributed by atoms with Crippen LogP contribution in [0.1, 0.15) is 24.4 Å². The third-order valence-corrected chi connectivity index (χ3v) is 4.26. The molecule has 1 saturated heterocycles. The lowest BCUT2D eigenvalue weighted by molar-refractivity contribution is 0.0582. The summed E-state index contributed by atoms with van der Waals surface area (Å²) >= 11 is 0. The maximum Gasteiger partial charge on any atom is 0.124 e. The second kappa shape index (κ2) is 5.81. The van der Waals surface area contributed by atoms with E-state index in [4.69, 9.17) is 15.2 Å². The predicted octanol–water partition coefficient (Wildman–Crippen LogP) is 3.27. The summed E-state index contributed by atoms with van der Waals surface area (Å²) in [5.74, 6) is 1.35. The van der Waals surface area contributed by atoms with Gasteiger partial charge in [0.05, 0.1) is 7.11 Å². The van der Waals surface area contributed by atoms with Crippen LogP contribution in [0.4, 0.5) is 0 Å². The fraction of sp³-hybridized carbons (Fsp3) is 0.412. The van der Waals surface area contributed by atoms with Crippen LogP contribution in [0.2, 0.25) is 0 Å². The Bertz CT molecular complexity index is 591. The van der Waals surface area contributed by atoms with Crippen molar-refractivity contribution >= 4 is 10.8 Å². The molecule has 2 aromatic rings. The van der Waals surface area contributed by atoms with E-state index in [1.165, 1.54) is 10.8 Å². The lowest BCUT2D eigenvalue weighted by atomic mass is 9.85. The molecule has 106 valence electrons. The minimum absolute atomic E-state index is 0.0000463. The fourth-order valence-electron chi connectivity index (χ4n) is 3.11. The van der Waals surface area contributed by atoms with Crippen molar-refractivity contribution < 1.29 is 9.47 Å². The van der Waals surface area contributed by atoms with Crippen molar-refractivity contribution in [2.24, 2.45) is 11.7 Å². The van der Waals surface area contributed by atoms with Crippen molar-refractivity contribution in [2.75, 3.05) is 20.3 Å². The van der Waals surface area contributed by atoms with Crippen LogP contribution in [0.25, 0.3) is 10.8 Å². The summed E-state index contributed by atoms with van der Waals surface area (Å²) in [5, 5.41) is 2.41. The Morgan fingerprint density at radius 3 is 2.65 bits per heavy atom. The third kappa shape index (κ3) is 2.39. The van der Waals surface area contributed by atoms with Crippen molar-refractivity contribution in [3.63, 3.8) is 0 Å². The van der Waals surface area contributed by atoms with Gasteiger partial charge in [0.2, 0.25) is 0 Å². The summed E-state index contributed by atoms with van der Waals surface area (Å²) in [4.78, 5) is 0. The fourth-order valence-corrected chi connectivity index (χ4v) is 3.11. The lowest BCUT2D eigenvalue weighted by Gasteiger charge is -2.29. The summed E-state index contributed by atoms with van der Waals surface area (Å²) in [6.07, 6.45) is 2.04. The number of fused-ring (bicyclic) bond motifs is 1. The van der Waals surface area contributed by atoms with E-state index in [0.29, 0.717) is 5.92 Å². The molecule has 3 heteroatoms. The van der Waals surface area contributed by atoms with Gasteiger partial charge in [0.25, 0.3) is 0 Å². The molecule has 0 aromatic heterocycles. The van der Waals surface area contributed by atoms with Gasteiger partial charge in [-0.1, -0.05) is 30.3 Å². The molecule has 1 aliphatic heterocycles. The maximum absolute atomic E-state index is 6.58. The summed E-state index contributed by atoms with van der Waals surface area (Å²) in [5.41, 5.74) is 7.71. The molecule has 0 saturated carbocycles. The Balaban J connectivity index is 2.07.